The second-order valence-electron chi connectivity index (χ2n) is 9.16. The minimum Gasteiger partial charge on any atom is -0.342 e. The summed E-state index contributed by atoms with van der Waals surface area (Å²) in [5.74, 6) is 1.01. The molecule has 1 unspecified atom stereocenters. The molecule has 31 heavy (non-hydrogen) atoms. The van der Waals surface area contributed by atoms with Crippen LogP contribution in [0.1, 0.15) is 50.3 Å². The van der Waals surface area contributed by atoms with Crippen LogP contribution in [0.2, 0.25) is 0 Å². The number of likely N-dealkylation sites (tertiary alicyclic amines) is 2. The molecule has 0 saturated carbocycles. The van der Waals surface area contributed by atoms with Gasteiger partial charge in [0.25, 0.3) is 0 Å². The Hall–Kier alpha value is -1.94. The number of piperidine rings is 2. The summed E-state index contributed by atoms with van der Waals surface area (Å²) in [5.41, 5.74) is 0.747. The van der Waals surface area contributed by atoms with Gasteiger partial charge in [-0.15, -0.1) is 0 Å². The molecule has 10 heteroatoms. The minimum absolute atomic E-state index is 0.0650. The van der Waals surface area contributed by atoms with Crippen molar-refractivity contribution in [3.63, 3.8) is 0 Å². The summed E-state index contributed by atoms with van der Waals surface area (Å²) >= 11 is 0. The number of sulfone groups is 1. The second kappa shape index (κ2) is 9.28. The number of hydrogen-bond donors (Lipinski definition) is 1. The van der Waals surface area contributed by atoms with Crippen LogP contribution in [0.25, 0.3) is 0 Å². The summed E-state index contributed by atoms with van der Waals surface area (Å²) in [6.07, 6.45) is 5.53. The fraction of sp³-hybridized carbons (Fsp3) is 0.762. The van der Waals surface area contributed by atoms with Gasteiger partial charge in [0, 0.05) is 25.1 Å². The van der Waals surface area contributed by atoms with Crippen LogP contribution < -0.4 is 5.32 Å². The minimum atomic E-state index is -3.04. The van der Waals surface area contributed by atoms with Gasteiger partial charge in [-0.25, -0.2) is 13.1 Å². The smallest absolute Gasteiger partial charge is 0.239 e. The van der Waals surface area contributed by atoms with Crippen molar-refractivity contribution in [3.8, 4) is 0 Å². The molecule has 3 aliphatic heterocycles. The molecular weight excluding hydrogens is 418 g/mol. The number of carbonyl (C=O) groups excluding carboxylic acids is 2. The van der Waals surface area contributed by atoms with E-state index in [1.54, 1.807) is 10.7 Å². The van der Waals surface area contributed by atoms with Crippen molar-refractivity contribution in [2.75, 3.05) is 49.5 Å². The summed E-state index contributed by atoms with van der Waals surface area (Å²) in [6.45, 7) is 5.33. The second-order valence-corrected chi connectivity index (χ2v) is 11.4. The van der Waals surface area contributed by atoms with Crippen LogP contribution in [0.4, 0.5) is 5.82 Å². The van der Waals surface area contributed by atoms with Gasteiger partial charge < -0.3 is 10.2 Å². The largest absolute Gasteiger partial charge is 0.342 e. The lowest BCUT2D eigenvalue weighted by Gasteiger charge is -2.35. The molecule has 1 atom stereocenters. The Bertz CT molecular complexity index is 914. The molecule has 4 rings (SSSR count). The van der Waals surface area contributed by atoms with E-state index in [1.165, 1.54) is 6.42 Å². The fourth-order valence-electron chi connectivity index (χ4n) is 4.95. The third-order valence-electron chi connectivity index (χ3n) is 6.65. The van der Waals surface area contributed by atoms with E-state index in [2.05, 4.69) is 15.3 Å². The molecule has 0 bridgehead atoms. The summed E-state index contributed by atoms with van der Waals surface area (Å²) in [4.78, 5) is 29.5. The van der Waals surface area contributed by atoms with Gasteiger partial charge >= 0.3 is 0 Å². The highest BCUT2D eigenvalue weighted by molar-refractivity contribution is 7.91. The number of rotatable bonds is 5. The zero-order chi connectivity index (χ0) is 22.0. The van der Waals surface area contributed by atoms with E-state index in [0.29, 0.717) is 12.2 Å². The number of nitrogens with zero attached hydrogens (tertiary/aromatic N) is 4. The zero-order valence-electron chi connectivity index (χ0n) is 18.3. The van der Waals surface area contributed by atoms with E-state index in [9.17, 15) is 18.0 Å². The Balaban J connectivity index is 1.28. The number of aryl methyl sites for hydroxylation is 1. The van der Waals surface area contributed by atoms with Crippen molar-refractivity contribution in [1.82, 2.24) is 19.6 Å². The van der Waals surface area contributed by atoms with E-state index in [0.717, 1.165) is 57.6 Å². The molecule has 1 aromatic rings. The topological polar surface area (TPSA) is 105 Å². The highest BCUT2D eigenvalue weighted by Crippen LogP contribution is 2.27. The summed E-state index contributed by atoms with van der Waals surface area (Å²) in [7, 11) is -3.04. The molecule has 0 aromatic carbocycles. The summed E-state index contributed by atoms with van der Waals surface area (Å²) in [6, 6.07) is 1.55. The summed E-state index contributed by atoms with van der Waals surface area (Å²) < 4.78 is 25.3. The van der Waals surface area contributed by atoms with Gasteiger partial charge in [-0.2, -0.15) is 5.10 Å². The van der Waals surface area contributed by atoms with Crippen molar-refractivity contribution >= 4 is 27.5 Å². The number of amides is 2. The van der Waals surface area contributed by atoms with Gasteiger partial charge in [0.05, 0.1) is 29.8 Å². The molecule has 9 nitrogen and oxygen atoms in total. The standard InChI is InChI=1S/C21H33N5O4S/c1-16-13-19(26(23-16)18-7-12-31(29,30)15-18)22-20(27)14-24-10-5-17(6-11-24)21(28)25-8-3-2-4-9-25/h13,17-18H,2-12,14-15H2,1H3,(H,22,27). The Morgan fingerprint density at radius 2 is 1.81 bits per heavy atom. The molecule has 1 aromatic heterocycles. The van der Waals surface area contributed by atoms with Crippen LogP contribution in [-0.2, 0) is 19.4 Å². The fourth-order valence-corrected chi connectivity index (χ4v) is 6.64. The average molecular weight is 452 g/mol. The number of anilines is 1. The molecule has 0 aliphatic carbocycles. The van der Waals surface area contributed by atoms with Crippen LogP contribution in [0, 0.1) is 12.8 Å². The first-order valence-electron chi connectivity index (χ1n) is 11.4. The predicted molar refractivity (Wildman–Crippen MR) is 117 cm³/mol. The predicted octanol–water partition coefficient (Wildman–Crippen LogP) is 1.21. The van der Waals surface area contributed by atoms with Crippen LogP contribution in [-0.4, -0.2) is 84.0 Å². The molecule has 4 heterocycles. The number of hydrogen-bond acceptors (Lipinski definition) is 6. The molecule has 1 N–H and O–H groups in total. The van der Waals surface area contributed by atoms with Crippen LogP contribution in [0.5, 0.6) is 0 Å². The highest BCUT2D eigenvalue weighted by atomic mass is 32.2. The Morgan fingerprint density at radius 3 is 2.45 bits per heavy atom. The van der Waals surface area contributed by atoms with Crippen LogP contribution >= 0.6 is 0 Å². The lowest BCUT2D eigenvalue weighted by molar-refractivity contribution is -0.138. The monoisotopic (exact) mass is 451 g/mol. The van der Waals surface area contributed by atoms with Crippen molar-refractivity contribution in [2.24, 2.45) is 5.92 Å². The van der Waals surface area contributed by atoms with Crippen molar-refractivity contribution < 1.29 is 18.0 Å². The molecule has 3 fully saturated rings. The van der Waals surface area contributed by atoms with Gasteiger partial charge in [0.2, 0.25) is 11.8 Å². The molecule has 2 amide bonds. The van der Waals surface area contributed by atoms with E-state index < -0.39 is 9.84 Å². The third-order valence-corrected chi connectivity index (χ3v) is 8.40. The molecule has 0 radical (unpaired) electrons. The van der Waals surface area contributed by atoms with E-state index in [1.807, 2.05) is 11.8 Å². The molecule has 0 spiro atoms. The molecule has 3 aliphatic rings. The van der Waals surface area contributed by atoms with Crippen molar-refractivity contribution in [3.05, 3.63) is 11.8 Å². The first kappa shape index (κ1) is 22.3. The molecular formula is C21H33N5O4S. The van der Waals surface area contributed by atoms with Crippen molar-refractivity contribution in [2.45, 2.75) is 51.5 Å². The van der Waals surface area contributed by atoms with Gasteiger partial charge in [0.15, 0.2) is 9.84 Å². The van der Waals surface area contributed by atoms with Crippen LogP contribution in [0.3, 0.4) is 0 Å². The van der Waals surface area contributed by atoms with Gasteiger partial charge in [-0.1, -0.05) is 0 Å². The normalized spacial score (nSPS) is 24.9. The van der Waals surface area contributed by atoms with Crippen molar-refractivity contribution in [1.29, 1.82) is 0 Å². The van der Waals surface area contributed by atoms with Crippen LogP contribution in [0.15, 0.2) is 6.07 Å². The Kier molecular flexibility index (Phi) is 6.66. The first-order valence-corrected chi connectivity index (χ1v) is 13.2. The highest BCUT2D eigenvalue weighted by Gasteiger charge is 2.32. The maximum Gasteiger partial charge on any atom is 0.239 e. The van der Waals surface area contributed by atoms with E-state index >= 15 is 0 Å². The third kappa shape index (κ3) is 5.46. The van der Waals surface area contributed by atoms with Gasteiger partial charge in [0.1, 0.15) is 5.82 Å². The first-order chi connectivity index (χ1) is 14.8. The average Bonchev–Trinajstić information content (AvgIpc) is 3.29. The van der Waals surface area contributed by atoms with Gasteiger partial charge in [-0.3, -0.25) is 14.5 Å². The Labute approximate surface area is 184 Å². The molecule has 172 valence electrons. The number of aromatic nitrogens is 2. The number of nitrogens with one attached hydrogen (secondary N) is 1. The maximum atomic E-state index is 12.7. The Morgan fingerprint density at radius 1 is 1.10 bits per heavy atom. The quantitative estimate of drug-likeness (QED) is 0.722. The van der Waals surface area contributed by atoms with E-state index in [-0.39, 0.29) is 41.8 Å². The lowest BCUT2D eigenvalue weighted by Crippen LogP contribution is -2.45. The SMILES string of the molecule is Cc1cc(NC(=O)CN2CCC(C(=O)N3CCCCC3)CC2)n(C2CCS(=O)(=O)C2)n1. The summed E-state index contributed by atoms with van der Waals surface area (Å²) in [5, 5.41) is 7.33. The number of carbonyl (C=O) groups is 2. The van der Waals surface area contributed by atoms with Gasteiger partial charge in [-0.05, 0) is 58.5 Å². The maximum absolute atomic E-state index is 12.7. The molecule has 3 saturated heterocycles. The zero-order valence-corrected chi connectivity index (χ0v) is 19.1. The van der Waals surface area contributed by atoms with E-state index in [4.69, 9.17) is 0 Å². The lowest BCUT2D eigenvalue weighted by atomic mass is 9.94.